The Kier molecular flexibility index (Phi) is 3.61. The van der Waals surface area contributed by atoms with Gasteiger partial charge in [-0.1, -0.05) is 0 Å². The first kappa shape index (κ1) is 14.0. The minimum atomic E-state index is -3.79. The number of carboxylic acid groups (broad SMARTS) is 1. The fourth-order valence-electron chi connectivity index (χ4n) is 1.64. The maximum absolute atomic E-state index is 12.2. The highest BCUT2D eigenvalue weighted by atomic mass is 32.2. The van der Waals surface area contributed by atoms with E-state index >= 15 is 0 Å². The molecule has 0 radical (unpaired) electrons. The van der Waals surface area contributed by atoms with E-state index in [1.54, 1.807) is 7.05 Å². The molecule has 0 saturated carbocycles. The van der Waals surface area contributed by atoms with Crippen LogP contribution in [0.1, 0.15) is 9.67 Å². The molecule has 0 aromatic carbocycles. The van der Waals surface area contributed by atoms with E-state index in [0.29, 0.717) is 17.9 Å². The zero-order chi connectivity index (χ0) is 14.2. The van der Waals surface area contributed by atoms with Gasteiger partial charge in [-0.2, -0.15) is 4.31 Å². The number of hydrogen-bond donors (Lipinski definition) is 1. The van der Waals surface area contributed by atoms with E-state index in [2.05, 4.69) is 0 Å². The molecule has 1 aromatic heterocycles. The summed E-state index contributed by atoms with van der Waals surface area (Å²) >= 11 is 0.690. The number of hydrogen-bond acceptors (Lipinski definition) is 5. The molecule has 1 aliphatic heterocycles. The van der Waals surface area contributed by atoms with Crippen molar-refractivity contribution in [2.75, 3.05) is 26.7 Å². The topological polar surface area (TPSA) is 95.0 Å². The predicted octanol–water partition coefficient (Wildman–Crippen LogP) is -0.0910. The summed E-state index contributed by atoms with van der Waals surface area (Å²) in [4.78, 5) is 23.7. The van der Waals surface area contributed by atoms with Crippen molar-refractivity contribution >= 4 is 33.2 Å². The van der Waals surface area contributed by atoms with Crippen LogP contribution in [0.15, 0.2) is 16.3 Å². The number of nitrogens with zero attached hydrogens (tertiary/aromatic N) is 2. The van der Waals surface area contributed by atoms with Crippen molar-refractivity contribution in [1.29, 1.82) is 0 Å². The summed E-state index contributed by atoms with van der Waals surface area (Å²) in [6.45, 7) is 0.333. The van der Waals surface area contributed by atoms with E-state index < -0.39 is 16.0 Å². The van der Waals surface area contributed by atoms with Gasteiger partial charge in [-0.3, -0.25) is 4.79 Å². The lowest BCUT2D eigenvalue weighted by molar-refractivity contribution is -0.132. The zero-order valence-corrected chi connectivity index (χ0v) is 11.7. The number of amides is 1. The van der Waals surface area contributed by atoms with Gasteiger partial charge in [-0.15, -0.1) is 11.3 Å². The Hall–Kier alpha value is -1.45. The van der Waals surface area contributed by atoms with Gasteiger partial charge < -0.3 is 10.0 Å². The molecule has 9 heteroatoms. The van der Waals surface area contributed by atoms with Crippen molar-refractivity contribution in [1.82, 2.24) is 9.21 Å². The molecule has 1 fully saturated rings. The highest BCUT2D eigenvalue weighted by molar-refractivity contribution is 7.91. The molecule has 1 N–H and O–H groups in total. The largest absolute Gasteiger partial charge is 0.477 e. The first-order valence-corrected chi connectivity index (χ1v) is 7.65. The van der Waals surface area contributed by atoms with Gasteiger partial charge in [0.05, 0.1) is 6.54 Å². The van der Waals surface area contributed by atoms with Crippen LogP contribution in [0, 0.1) is 0 Å². The molecule has 0 aliphatic carbocycles. The van der Waals surface area contributed by atoms with E-state index in [1.807, 2.05) is 0 Å². The zero-order valence-electron chi connectivity index (χ0n) is 10.1. The van der Waals surface area contributed by atoms with Gasteiger partial charge in [0, 0.05) is 20.1 Å². The summed E-state index contributed by atoms with van der Waals surface area (Å²) in [5.41, 5.74) is 0. The van der Waals surface area contributed by atoms with E-state index in [9.17, 15) is 18.0 Å². The highest BCUT2D eigenvalue weighted by Crippen LogP contribution is 2.25. The van der Waals surface area contributed by atoms with Crippen LogP contribution in [0.5, 0.6) is 0 Å². The number of piperazine rings is 1. The molecule has 104 valence electrons. The van der Waals surface area contributed by atoms with Crippen molar-refractivity contribution in [2.24, 2.45) is 0 Å². The Balaban J connectivity index is 2.27. The van der Waals surface area contributed by atoms with Gasteiger partial charge in [0.15, 0.2) is 0 Å². The molecule has 0 unspecified atom stereocenters. The number of sulfonamides is 1. The summed E-state index contributed by atoms with van der Waals surface area (Å²) in [5, 5.41) is 8.79. The van der Waals surface area contributed by atoms with Crippen LogP contribution >= 0.6 is 11.3 Å². The monoisotopic (exact) mass is 304 g/mol. The minimum absolute atomic E-state index is 0.0426. The lowest BCUT2D eigenvalue weighted by Gasteiger charge is -2.30. The molecule has 0 atom stereocenters. The normalized spacial score (nSPS) is 17.7. The standard InChI is InChI=1S/C10H12N2O5S2/c1-11-4-5-12(6-8(11)13)19(16,17)9-3-2-7(18-9)10(14)15/h2-3H,4-6H2,1H3,(H,14,15). The number of carbonyl (C=O) groups excluding carboxylic acids is 1. The molecule has 0 bridgehead atoms. The quantitative estimate of drug-likeness (QED) is 0.842. The second-order valence-electron chi connectivity index (χ2n) is 4.08. The highest BCUT2D eigenvalue weighted by Gasteiger charge is 2.32. The Morgan fingerprint density at radius 3 is 2.58 bits per heavy atom. The molecule has 2 heterocycles. The molecular weight excluding hydrogens is 292 g/mol. The van der Waals surface area contributed by atoms with Crippen molar-refractivity contribution in [3.63, 3.8) is 0 Å². The molecular formula is C10H12N2O5S2. The Labute approximate surface area is 114 Å². The second kappa shape index (κ2) is 4.91. The maximum atomic E-state index is 12.2. The summed E-state index contributed by atoms with van der Waals surface area (Å²) in [5.74, 6) is -1.44. The average molecular weight is 304 g/mol. The van der Waals surface area contributed by atoms with E-state index in [4.69, 9.17) is 5.11 Å². The first-order valence-electron chi connectivity index (χ1n) is 5.39. The minimum Gasteiger partial charge on any atom is -0.477 e. The number of thiophene rings is 1. The Bertz CT molecular complexity index is 622. The van der Waals surface area contributed by atoms with Gasteiger partial charge in [-0.25, -0.2) is 13.2 Å². The maximum Gasteiger partial charge on any atom is 0.345 e. The third-order valence-electron chi connectivity index (χ3n) is 2.81. The molecule has 2 rings (SSSR count). The van der Waals surface area contributed by atoms with Crippen LogP contribution in [0.2, 0.25) is 0 Å². The molecule has 1 aliphatic rings. The Morgan fingerprint density at radius 1 is 1.37 bits per heavy atom. The van der Waals surface area contributed by atoms with Crippen molar-refractivity contribution in [3.8, 4) is 0 Å². The number of carboxylic acids is 1. The number of rotatable bonds is 3. The van der Waals surface area contributed by atoms with Crippen LogP contribution in [-0.2, 0) is 14.8 Å². The molecule has 7 nitrogen and oxygen atoms in total. The lowest BCUT2D eigenvalue weighted by Crippen LogP contribution is -2.50. The van der Waals surface area contributed by atoms with Gasteiger partial charge in [0.25, 0.3) is 10.0 Å². The third kappa shape index (κ3) is 2.62. The second-order valence-corrected chi connectivity index (χ2v) is 7.33. The molecule has 0 spiro atoms. The fourth-order valence-corrected chi connectivity index (χ4v) is 4.32. The van der Waals surface area contributed by atoms with Crippen LogP contribution in [0.25, 0.3) is 0 Å². The lowest BCUT2D eigenvalue weighted by atomic mass is 10.4. The number of likely N-dealkylation sites (N-methyl/N-ethyl adjacent to an activating group) is 1. The SMILES string of the molecule is CN1CCN(S(=O)(=O)c2ccc(C(=O)O)s2)CC1=O. The Morgan fingerprint density at radius 2 is 2.05 bits per heavy atom. The average Bonchev–Trinajstić information content (AvgIpc) is 2.82. The van der Waals surface area contributed by atoms with Crippen LogP contribution in [-0.4, -0.2) is 61.3 Å². The van der Waals surface area contributed by atoms with Gasteiger partial charge in [0.1, 0.15) is 9.09 Å². The molecule has 1 saturated heterocycles. The number of aromatic carboxylic acids is 1. The van der Waals surface area contributed by atoms with Crippen LogP contribution in [0.4, 0.5) is 0 Å². The van der Waals surface area contributed by atoms with Gasteiger partial charge >= 0.3 is 5.97 Å². The van der Waals surface area contributed by atoms with E-state index in [1.165, 1.54) is 17.0 Å². The van der Waals surface area contributed by atoms with Gasteiger partial charge in [0.2, 0.25) is 5.91 Å². The predicted molar refractivity (Wildman–Crippen MR) is 67.7 cm³/mol. The van der Waals surface area contributed by atoms with E-state index in [-0.39, 0.29) is 28.1 Å². The molecule has 19 heavy (non-hydrogen) atoms. The summed E-state index contributed by atoms with van der Waals surface area (Å²) < 4.78 is 25.5. The van der Waals surface area contributed by atoms with Crippen LogP contribution in [0.3, 0.4) is 0 Å². The molecule has 1 aromatic rings. The summed E-state index contributed by atoms with van der Waals surface area (Å²) in [7, 11) is -2.18. The fraction of sp³-hybridized carbons (Fsp3) is 0.400. The molecule has 1 amide bonds. The van der Waals surface area contributed by atoms with Crippen LogP contribution < -0.4 is 0 Å². The first-order chi connectivity index (χ1) is 8.82. The third-order valence-corrected chi connectivity index (χ3v) is 6.19. The smallest absolute Gasteiger partial charge is 0.345 e. The van der Waals surface area contributed by atoms with E-state index in [0.717, 1.165) is 4.31 Å². The van der Waals surface area contributed by atoms with Crippen molar-refractivity contribution in [2.45, 2.75) is 4.21 Å². The van der Waals surface area contributed by atoms with Crippen molar-refractivity contribution in [3.05, 3.63) is 17.0 Å². The number of carbonyl (C=O) groups is 2. The van der Waals surface area contributed by atoms with Crippen molar-refractivity contribution < 1.29 is 23.1 Å². The summed E-state index contributed by atoms with van der Waals surface area (Å²) in [6.07, 6.45) is 0. The van der Waals surface area contributed by atoms with Gasteiger partial charge in [-0.05, 0) is 12.1 Å². The summed E-state index contributed by atoms with van der Waals surface area (Å²) in [6, 6.07) is 2.50.